The third-order valence-electron chi connectivity index (χ3n) is 6.11. The van der Waals surface area contributed by atoms with Gasteiger partial charge >= 0.3 is 0 Å². The summed E-state index contributed by atoms with van der Waals surface area (Å²) in [7, 11) is 1.54. The summed E-state index contributed by atoms with van der Waals surface area (Å²) in [5, 5.41) is 10.5. The Hall–Kier alpha value is -4.35. The molecule has 8 nitrogen and oxygen atoms in total. The lowest BCUT2D eigenvalue weighted by atomic mass is 10.1. The zero-order valence-electron chi connectivity index (χ0n) is 20.2. The van der Waals surface area contributed by atoms with Crippen LogP contribution in [0.15, 0.2) is 53.3 Å². The predicted octanol–water partition coefficient (Wildman–Crippen LogP) is 4.26. The molecule has 36 heavy (non-hydrogen) atoms. The molecule has 2 aromatic heterocycles. The van der Waals surface area contributed by atoms with Crippen molar-refractivity contribution in [2.24, 2.45) is 0 Å². The van der Waals surface area contributed by atoms with E-state index in [1.54, 1.807) is 73.9 Å². The van der Waals surface area contributed by atoms with E-state index in [0.29, 0.717) is 49.8 Å². The summed E-state index contributed by atoms with van der Waals surface area (Å²) >= 11 is 5.98. The number of rotatable bonds is 5. The highest BCUT2D eigenvalue weighted by molar-refractivity contribution is 6.30. The first-order chi connectivity index (χ1) is 17.2. The van der Waals surface area contributed by atoms with Crippen molar-refractivity contribution in [3.05, 3.63) is 97.5 Å². The Labute approximate surface area is 212 Å². The molecule has 1 amide bonds. The van der Waals surface area contributed by atoms with Crippen molar-refractivity contribution < 1.29 is 14.3 Å². The zero-order valence-corrected chi connectivity index (χ0v) is 20.9. The number of carbonyl (C=O) groups is 2. The van der Waals surface area contributed by atoms with E-state index in [2.05, 4.69) is 5.43 Å². The fourth-order valence-corrected chi connectivity index (χ4v) is 4.41. The van der Waals surface area contributed by atoms with Crippen LogP contribution in [0.25, 0.3) is 10.9 Å². The quantitative estimate of drug-likeness (QED) is 0.439. The first kappa shape index (κ1) is 24.8. The average molecular weight is 503 g/mol. The fraction of sp³-hybridized carbons (Fsp3) is 0.185. The summed E-state index contributed by atoms with van der Waals surface area (Å²) in [6.45, 7) is 5.10. The highest BCUT2D eigenvalue weighted by Crippen LogP contribution is 2.31. The molecule has 0 spiro atoms. The van der Waals surface area contributed by atoms with Gasteiger partial charge in [-0.1, -0.05) is 11.6 Å². The molecule has 0 bridgehead atoms. The highest BCUT2D eigenvalue weighted by Gasteiger charge is 2.23. The number of nitriles is 1. The van der Waals surface area contributed by atoms with Gasteiger partial charge in [-0.25, -0.2) is 4.68 Å². The Balaban J connectivity index is 1.78. The van der Waals surface area contributed by atoms with E-state index in [0.717, 1.165) is 4.68 Å². The Morgan fingerprint density at radius 3 is 2.42 bits per heavy atom. The summed E-state index contributed by atoms with van der Waals surface area (Å²) in [5.74, 6) is -0.170. The van der Waals surface area contributed by atoms with E-state index in [-0.39, 0.29) is 17.9 Å². The van der Waals surface area contributed by atoms with Gasteiger partial charge in [-0.2, -0.15) is 5.26 Å². The maximum Gasteiger partial charge on any atom is 0.287 e. The lowest BCUT2D eigenvalue weighted by Gasteiger charge is -2.13. The standard InChI is InChI=1S/C27H23ClN4O4/c1-15-11-16(2)32(27(35)23(15)14-29)30-25(33)13-21-17(3)31(24-10-9-20(36-4)12-22(21)24)26(34)18-5-7-19(28)8-6-18/h5-12H,13H2,1-4H3,(H,30,33). The van der Waals surface area contributed by atoms with Gasteiger partial charge in [-0.3, -0.25) is 24.4 Å². The van der Waals surface area contributed by atoms with Gasteiger partial charge in [0.25, 0.3) is 11.5 Å². The smallest absolute Gasteiger partial charge is 0.287 e. The van der Waals surface area contributed by atoms with E-state index in [1.165, 1.54) is 7.11 Å². The number of ether oxygens (including phenoxy) is 1. The van der Waals surface area contributed by atoms with Crippen molar-refractivity contribution in [3.63, 3.8) is 0 Å². The molecule has 9 heteroatoms. The summed E-state index contributed by atoms with van der Waals surface area (Å²) in [6.07, 6.45) is -0.113. The van der Waals surface area contributed by atoms with Crippen LogP contribution >= 0.6 is 11.6 Å². The number of halogens is 1. The molecule has 2 heterocycles. The van der Waals surface area contributed by atoms with Crippen LogP contribution in [0.5, 0.6) is 5.75 Å². The lowest BCUT2D eigenvalue weighted by Crippen LogP contribution is -2.37. The van der Waals surface area contributed by atoms with Crippen LogP contribution < -0.4 is 15.7 Å². The van der Waals surface area contributed by atoms with Gasteiger partial charge in [-0.15, -0.1) is 0 Å². The summed E-state index contributed by atoms with van der Waals surface area (Å²) < 4.78 is 7.99. The second-order valence-corrected chi connectivity index (χ2v) is 8.84. The largest absolute Gasteiger partial charge is 0.497 e. The van der Waals surface area contributed by atoms with Crippen LogP contribution in [0.2, 0.25) is 5.02 Å². The van der Waals surface area contributed by atoms with E-state index < -0.39 is 11.5 Å². The molecule has 0 unspecified atom stereocenters. The number of benzene rings is 2. The van der Waals surface area contributed by atoms with Crippen molar-refractivity contribution in [2.45, 2.75) is 27.2 Å². The Bertz CT molecular complexity index is 1630. The Morgan fingerprint density at radius 2 is 1.78 bits per heavy atom. The molecular formula is C27H23ClN4O4. The van der Waals surface area contributed by atoms with Crippen LogP contribution in [-0.2, 0) is 11.2 Å². The topological polar surface area (TPSA) is 106 Å². The van der Waals surface area contributed by atoms with E-state index in [1.807, 2.05) is 6.07 Å². The van der Waals surface area contributed by atoms with Crippen molar-refractivity contribution in [1.82, 2.24) is 9.24 Å². The maximum atomic E-state index is 13.4. The minimum atomic E-state index is -0.595. The summed E-state index contributed by atoms with van der Waals surface area (Å²) in [6, 6.07) is 15.4. The zero-order chi connectivity index (χ0) is 26.1. The minimum absolute atomic E-state index is 0.0352. The fourth-order valence-electron chi connectivity index (χ4n) is 4.29. The Morgan fingerprint density at radius 1 is 1.08 bits per heavy atom. The van der Waals surface area contributed by atoms with Crippen molar-refractivity contribution in [2.75, 3.05) is 12.5 Å². The number of amides is 1. The number of aromatic nitrogens is 2. The molecule has 1 N–H and O–H groups in total. The highest BCUT2D eigenvalue weighted by atomic mass is 35.5. The SMILES string of the molecule is COc1ccc2c(c1)c(CC(=O)Nn1c(C)cc(C)c(C#N)c1=O)c(C)n2C(=O)c1ccc(Cl)cc1. The van der Waals surface area contributed by atoms with Crippen LogP contribution in [0.3, 0.4) is 0 Å². The molecule has 0 atom stereocenters. The predicted molar refractivity (Wildman–Crippen MR) is 137 cm³/mol. The maximum absolute atomic E-state index is 13.4. The van der Waals surface area contributed by atoms with Gasteiger partial charge in [0.1, 0.15) is 17.4 Å². The molecule has 4 rings (SSSR count). The molecule has 0 fully saturated rings. The van der Waals surface area contributed by atoms with Gasteiger partial charge in [0.05, 0.1) is 19.0 Å². The van der Waals surface area contributed by atoms with Crippen molar-refractivity contribution in [1.29, 1.82) is 5.26 Å². The number of aryl methyl sites for hydroxylation is 2. The molecule has 182 valence electrons. The van der Waals surface area contributed by atoms with E-state index in [9.17, 15) is 19.6 Å². The van der Waals surface area contributed by atoms with Crippen LogP contribution in [-0.4, -0.2) is 28.2 Å². The molecule has 0 aliphatic carbocycles. The number of nitrogens with zero attached hydrogens (tertiary/aromatic N) is 3. The van der Waals surface area contributed by atoms with Gasteiger partial charge in [0.15, 0.2) is 0 Å². The second kappa shape index (κ2) is 9.72. The molecule has 0 saturated carbocycles. The third-order valence-corrected chi connectivity index (χ3v) is 6.36. The van der Waals surface area contributed by atoms with Gasteiger partial charge in [0.2, 0.25) is 5.91 Å². The molecule has 0 aliphatic rings. The monoisotopic (exact) mass is 502 g/mol. The van der Waals surface area contributed by atoms with Crippen LogP contribution in [0, 0.1) is 32.1 Å². The molecule has 0 radical (unpaired) electrons. The van der Waals surface area contributed by atoms with E-state index >= 15 is 0 Å². The molecule has 0 saturated heterocycles. The lowest BCUT2D eigenvalue weighted by molar-refractivity contribution is -0.116. The van der Waals surface area contributed by atoms with Crippen LogP contribution in [0.1, 0.15) is 38.4 Å². The first-order valence-electron chi connectivity index (χ1n) is 11.1. The van der Waals surface area contributed by atoms with Crippen molar-refractivity contribution in [3.8, 4) is 11.8 Å². The second-order valence-electron chi connectivity index (χ2n) is 8.40. The third kappa shape index (κ3) is 4.37. The number of pyridine rings is 1. The number of fused-ring (bicyclic) bond motifs is 1. The van der Waals surface area contributed by atoms with Crippen molar-refractivity contribution >= 4 is 34.3 Å². The van der Waals surface area contributed by atoms with Gasteiger partial charge < -0.3 is 4.74 Å². The number of carbonyl (C=O) groups excluding carboxylic acids is 2. The number of hydrogen-bond acceptors (Lipinski definition) is 5. The normalized spacial score (nSPS) is 10.8. The number of hydrogen-bond donors (Lipinski definition) is 1. The molecule has 0 aliphatic heterocycles. The van der Waals surface area contributed by atoms with E-state index in [4.69, 9.17) is 16.3 Å². The number of methoxy groups -OCH3 is 1. The molecular weight excluding hydrogens is 480 g/mol. The van der Waals surface area contributed by atoms with Gasteiger partial charge in [0, 0.05) is 27.4 Å². The Kier molecular flexibility index (Phi) is 6.69. The van der Waals surface area contributed by atoms with Crippen LogP contribution in [0.4, 0.5) is 0 Å². The summed E-state index contributed by atoms with van der Waals surface area (Å²) in [5.41, 5.74) is 5.25. The minimum Gasteiger partial charge on any atom is -0.497 e. The molecule has 4 aromatic rings. The first-order valence-corrected chi connectivity index (χ1v) is 11.5. The average Bonchev–Trinajstić information content (AvgIpc) is 3.12. The number of nitrogens with one attached hydrogen (secondary N) is 1. The molecule has 2 aromatic carbocycles. The van der Waals surface area contributed by atoms with Gasteiger partial charge in [-0.05, 0) is 80.4 Å². The summed E-state index contributed by atoms with van der Waals surface area (Å²) in [4.78, 5) is 39.3.